The molecule has 1 atom stereocenters. The van der Waals surface area contributed by atoms with Gasteiger partial charge >= 0.3 is 0 Å². The zero-order valence-electron chi connectivity index (χ0n) is 14.3. The molecule has 0 saturated carbocycles. The highest BCUT2D eigenvalue weighted by Gasteiger charge is 2.25. The molecule has 1 saturated heterocycles. The minimum Gasteiger partial charge on any atom is -0.298 e. The molecule has 6 heteroatoms. The molecule has 0 amide bonds. The van der Waals surface area contributed by atoms with E-state index < -0.39 is 0 Å². The van der Waals surface area contributed by atoms with Gasteiger partial charge in [-0.25, -0.2) is 0 Å². The van der Waals surface area contributed by atoms with Crippen LogP contribution in [0.2, 0.25) is 5.02 Å². The summed E-state index contributed by atoms with van der Waals surface area (Å²) in [6.07, 6.45) is 0. The van der Waals surface area contributed by atoms with Gasteiger partial charge in [0.25, 0.3) is 5.69 Å². The second-order valence-electron chi connectivity index (χ2n) is 6.73. The van der Waals surface area contributed by atoms with Gasteiger partial charge in [0.15, 0.2) is 0 Å². The topological polar surface area (TPSA) is 49.6 Å². The third kappa shape index (κ3) is 4.66. The van der Waals surface area contributed by atoms with Crippen LogP contribution in [0.5, 0.6) is 0 Å². The van der Waals surface area contributed by atoms with Crippen LogP contribution in [-0.2, 0) is 6.54 Å². The quantitative estimate of drug-likeness (QED) is 0.607. The standard InChI is InChI=1S/C17H25ClN3O2/c1-12(2)9-20-6-5-19(10-13(20)3)11-15-7-16(18)8-17(14(15)4)21(22)23/h7-8,13H,5-6,9-11H2,1-4H3/t13-/m0/s1. The Balaban J connectivity index is 2.08. The maximum atomic E-state index is 11.1. The monoisotopic (exact) mass is 338 g/mol. The maximum Gasteiger partial charge on any atom is 0.274 e. The molecular weight excluding hydrogens is 314 g/mol. The summed E-state index contributed by atoms with van der Waals surface area (Å²) in [6.45, 7) is 13.1. The molecule has 0 aliphatic carbocycles. The average Bonchev–Trinajstić information content (AvgIpc) is 2.44. The smallest absolute Gasteiger partial charge is 0.274 e. The van der Waals surface area contributed by atoms with Crippen LogP contribution >= 0.6 is 11.6 Å². The third-order valence-corrected chi connectivity index (χ3v) is 4.63. The molecule has 1 radical (unpaired) electrons. The van der Waals surface area contributed by atoms with Gasteiger partial charge in [0.05, 0.1) is 4.92 Å². The molecule has 2 rings (SSSR count). The number of hydrogen-bond donors (Lipinski definition) is 0. The van der Waals surface area contributed by atoms with Gasteiger partial charge in [0.1, 0.15) is 0 Å². The Labute approximate surface area is 143 Å². The number of hydrogen-bond acceptors (Lipinski definition) is 4. The van der Waals surface area contributed by atoms with Crippen LogP contribution in [0, 0.1) is 23.0 Å². The number of rotatable bonds is 5. The maximum absolute atomic E-state index is 11.1. The number of nitrogens with zero attached hydrogens (tertiary/aromatic N) is 3. The first-order valence-corrected chi connectivity index (χ1v) is 8.34. The number of nitro benzene ring substituents is 1. The molecule has 0 unspecified atom stereocenters. The Morgan fingerprint density at radius 1 is 1.39 bits per heavy atom. The van der Waals surface area contributed by atoms with E-state index in [0.29, 0.717) is 23.2 Å². The van der Waals surface area contributed by atoms with Crippen molar-refractivity contribution in [1.82, 2.24) is 9.80 Å². The summed E-state index contributed by atoms with van der Waals surface area (Å²) in [7, 11) is 0. The van der Waals surface area contributed by atoms with E-state index in [-0.39, 0.29) is 10.6 Å². The van der Waals surface area contributed by atoms with Gasteiger partial charge in [-0.1, -0.05) is 25.4 Å². The van der Waals surface area contributed by atoms with Crippen molar-refractivity contribution in [2.24, 2.45) is 0 Å². The number of piperazine rings is 1. The summed E-state index contributed by atoms with van der Waals surface area (Å²) in [4.78, 5) is 15.6. The molecule has 0 N–H and O–H groups in total. The zero-order valence-corrected chi connectivity index (χ0v) is 15.1. The van der Waals surface area contributed by atoms with Crippen LogP contribution in [0.15, 0.2) is 12.1 Å². The van der Waals surface area contributed by atoms with E-state index in [1.54, 1.807) is 6.92 Å². The van der Waals surface area contributed by atoms with E-state index in [4.69, 9.17) is 11.6 Å². The van der Waals surface area contributed by atoms with Crippen molar-refractivity contribution < 1.29 is 4.92 Å². The summed E-state index contributed by atoms with van der Waals surface area (Å²) < 4.78 is 0. The molecule has 1 aromatic carbocycles. The highest BCUT2D eigenvalue weighted by molar-refractivity contribution is 6.30. The lowest BCUT2D eigenvalue weighted by molar-refractivity contribution is -0.385. The molecule has 1 aliphatic rings. The summed E-state index contributed by atoms with van der Waals surface area (Å²) in [5.41, 5.74) is 1.77. The molecule has 1 fully saturated rings. The fourth-order valence-corrected chi connectivity index (χ4v) is 3.40. The predicted molar refractivity (Wildman–Crippen MR) is 93.7 cm³/mol. The molecule has 0 bridgehead atoms. The fourth-order valence-electron chi connectivity index (χ4n) is 3.17. The summed E-state index contributed by atoms with van der Waals surface area (Å²) in [5.74, 6) is 1.42. The first-order chi connectivity index (χ1) is 10.8. The summed E-state index contributed by atoms with van der Waals surface area (Å²) in [6, 6.07) is 3.76. The van der Waals surface area contributed by atoms with E-state index >= 15 is 0 Å². The first-order valence-electron chi connectivity index (χ1n) is 7.96. The molecule has 127 valence electrons. The lowest BCUT2D eigenvalue weighted by Crippen LogP contribution is -2.52. The van der Waals surface area contributed by atoms with Crippen LogP contribution in [0.4, 0.5) is 5.69 Å². The average molecular weight is 339 g/mol. The molecule has 1 heterocycles. The Bertz CT molecular complexity index is 577. The Morgan fingerprint density at radius 3 is 2.65 bits per heavy atom. The van der Waals surface area contributed by atoms with E-state index in [0.717, 1.165) is 31.7 Å². The van der Waals surface area contributed by atoms with Gasteiger partial charge in [0, 0.05) is 55.4 Å². The van der Waals surface area contributed by atoms with Crippen molar-refractivity contribution in [1.29, 1.82) is 0 Å². The number of benzene rings is 1. The highest BCUT2D eigenvalue weighted by atomic mass is 35.5. The van der Waals surface area contributed by atoms with Crippen molar-refractivity contribution in [3.63, 3.8) is 0 Å². The van der Waals surface area contributed by atoms with Crippen molar-refractivity contribution in [3.8, 4) is 0 Å². The van der Waals surface area contributed by atoms with Crippen molar-refractivity contribution >= 4 is 17.3 Å². The first kappa shape index (κ1) is 18.2. The fraction of sp³-hybridized carbons (Fsp3) is 0.588. The van der Waals surface area contributed by atoms with Gasteiger partial charge in [0.2, 0.25) is 0 Å². The van der Waals surface area contributed by atoms with Crippen molar-refractivity contribution in [2.75, 3.05) is 26.2 Å². The summed E-state index contributed by atoms with van der Waals surface area (Å²) >= 11 is 6.06. The molecule has 1 aromatic rings. The molecule has 5 nitrogen and oxygen atoms in total. The van der Waals surface area contributed by atoms with E-state index in [9.17, 15) is 10.1 Å². The lowest BCUT2D eigenvalue weighted by Gasteiger charge is -2.40. The third-order valence-electron chi connectivity index (χ3n) is 4.41. The van der Waals surface area contributed by atoms with E-state index in [2.05, 4.69) is 30.6 Å². The molecule has 23 heavy (non-hydrogen) atoms. The van der Waals surface area contributed by atoms with Gasteiger partial charge < -0.3 is 0 Å². The van der Waals surface area contributed by atoms with E-state index in [1.807, 2.05) is 6.07 Å². The minimum atomic E-state index is -0.356. The van der Waals surface area contributed by atoms with Crippen LogP contribution in [0.1, 0.15) is 31.9 Å². The normalized spacial score (nSPS) is 20.2. The Kier molecular flexibility index (Phi) is 6.00. The SMILES string of the molecule is C[C](C)CN1CCN(Cc2cc(Cl)cc([N+](=O)[O-])c2C)C[C@@H]1C. The van der Waals surface area contributed by atoms with Crippen molar-refractivity contribution in [3.05, 3.63) is 44.3 Å². The van der Waals surface area contributed by atoms with Gasteiger partial charge in [-0.2, -0.15) is 0 Å². The zero-order chi connectivity index (χ0) is 17.1. The van der Waals surface area contributed by atoms with Gasteiger partial charge in [-0.3, -0.25) is 19.9 Å². The van der Waals surface area contributed by atoms with Crippen LogP contribution in [0.3, 0.4) is 0 Å². The van der Waals surface area contributed by atoms with Gasteiger partial charge in [-0.15, -0.1) is 0 Å². The number of nitro groups is 1. The number of halogens is 1. The predicted octanol–water partition coefficient (Wildman–Crippen LogP) is 3.68. The second-order valence-corrected chi connectivity index (χ2v) is 7.16. The van der Waals surface area contributed by atoms with Crippen molar-refractivity contribution in [2.45, 2.75) is 40.3 Å². The highest BCUT2D eigenvalue weighted by Crippen LogP contribution is 2.28. The summed E-state index contributed by atoms with van der Waals surface area (Å²) in [5, 5.41) is 11.6. The lowest BCUT2D eigenvalue weighted by atomic mass is 10.0. The molecule has 1 aliphatic heterocycles. The molecule has 0 aromatic heterocycles. The van der Waals surface area contributed by atoms with E-state index in [1.165, 1.54) is 12.0 Å². The molecule has 0 spiro atoms. The van der Waals surface area contributed by atoms with Crippen LogP contribution in [0.25, 0.3) is 0 Å². The second kappa shape index (κ2) is 7.60. The Morgan fingerprint density at radius 2 is 2.09 bits per heavy atom. The van der Waals surface area contributed by atoms with Crippen LogP contribution < -0.4 is 0 Å². The molecular formula is C17H25ClN3O2. The van der Waals surface area contributed by atoms with Crippen LogP contribution in [-0.4, -0.2) is 46.9 Å². The minimum absolute atomic E-state index is 0.107. The van der Waals surface area contributed by atoms with Gasteiger partial charge in [-0.05, 0) is 31.4 Å². The largest absolute Gasteiger partial charge is 0.298 e. The Hall–Kier alpha value is -1.17.